The van der Waals surface area contributed by atoms with Crippen LogP contribution in [0.1, 0.15) is 46.3 Å². The molecule has 0 bridgehead atoms. The van der Waals surface area contributed by atoms with Gasteiger partial charge < -0.3 is 9.16 Å². The Morgan fingerprint density at radius 3 is 2.67 bits per heavy atom. The van der Waals surface area contributed by atoms with Gasteiger partial charge in [0.15, 0.2) is 6.23 Å². The molecule has 2 heterocycles. The van der Waals surface area contributed by atoms with Crippen molar-refractivity contribution in [2.75, 3.05) is 6.61 Å². The molecule has 6 heteroatoms. The van der Waals surface area contributed by atoms with Crippen LogP contribution in [0.3, 0.4) is 0 Å². The van der Waals surface area contributed by atoms with E-state index in [1.54, 1.807) is 0 Å². The van der Waals surface area contributed by atoms with Crippen LogP contribution in [0.15, 0.2) is 22.8 Å². The third-order valence-corrected chi connectivity index (χ3v) is 10.0. The molecule has 1 unspecified atom stereocenters. The van der Waals surface area contributed by atoms with Crippen LogP contribution in [0.5, 0.6) is 5.75 Å². The van der Waals surface area contributed by atoms with Gasteiger partial charge in [-0.1, -0.05) is 36.7 Å². The maximum Gasteiger partial charge on any atom is 0.250 e. The molecule has 4 nitrogen and oxygen atoms in total. The fourth-order valence-corrected chi connectivity index (χ4v) is 4.19. The Morgan fingerprint density at radius 1 is 1.29 bits per heavy atom. The van der Waals surface area contributed by atoms with E-state index >= 15 is 0 Å². The highest BCUT2D eigenvalue weighted by Crippen LogP contribution is 2.40. The number of nitrogens with zero attached hydrogens (tertiary/aromatic N) is 2. The lowest BCUT2D eigenvalue weighted by atomic mass is 10.2. The van der Waals surface area contributed by atoms with Crippen molar-refractivity contribution in [2.45, 2.75) is 64.4 Å². The lowest BCUT2D eigenvalue weighted by Crippen LogP contribution is -2.43. The van der Waals surface area contributed by atoms with Gasteiger partial charge in [0.1, 0.15) is 5.75 Å². The van der Waals surface area contributed by atoms with Crippen molar-refractivity contribution in [3.05, 3.63) is 22.8 Å². The summed E-state index contributed by atoms with van der Waals surface area (Å²) in [4.78, 5) is 0. The van der Waals surface area contributed by atoms with Crippen molar-refractivity contribution in [1.29, 1.82) is 0 Å². The molecule has 1 aliphatic heterocycles. The third kappa shape index (κ3) is 3.41. The standard InChI is InChI=1S/C18H27BrN2O2Si/c1-18(2,3)24(4,5)23-16-11-13(19)10-15-14(16)12-20-21(15)17-8-6-7-9-22-17/h10-12,17H,6-9H2,1-5H3. The molecule has 3 rings (SSSR count). The molecule has 0 spiro atoms. The van der Waals surface area contributed by atoms with Crippen molar-refractivity contribution in [3.8, 4) is 5.75 Å². The molecule has 0 amide bonds. The van der Waals surface area contributed by atoms with Crippen LogP contribution in [-0.2, 0) is 4.74 Å². The van der Waals surface area contributed by atoms with Crippen molar-refractivity contribution < 1.29 is 9.16 Å². The van der Waals surface area contributed by atoms with E-state index in [1.165, 1.54) is 6.42 Å². The highest BCUT2D eigenvalue weighted by molar-refractivity contribution is 9.10. The van der Waals surface area contributed by atoms with Crippen molar-refractivity contribution >= 4 is 35.2 Å². The van der Waals surface area contributed by atoms with Gasteiger partial charge in [-0.05, 0) is 49.5 Å². The first-order chi connectivity index (χ1) is 11.2. The Morgan fingerprint density at radius 2 is 2.04 bits per heavy atom. The second-order valence-electron chi connectivity index (χ2n) is 8.11. The van der Waals surface area contributed by atoms with E-state index in [0.717, 1.165) is 40.6 Å². The molecule has 0 aliphatic carbocycles. The Bertz CT molecular complexity index is 730. The summed E-state index contributed by atoms with van der Waals surface area (Å²) >= 11 is 3.64. The number of hydrogen-bond acceptors (Lipinski definition) is 3. The molecule has 0 radical (unpaired) electrons. The van der Waals surface area contributed by atoms with E-state index in [-0.39, 0.29) is 11.3 Å². The van der Waals surface area contributed by atoms with Crippen LogP contribution in [-0.4, -0.2) is 24.7 Å². The van der Waals surface area contributed by atoms with E-state index in [2.05, 4.69) is 67.0 Å². The van der Waals surface area contributed by atoms with E-state index in [1.807, 2.05) is 10.9 Å². The Balaban J connectivity index is 2.02. The van der Waals surface area contributed by atoms with Gasteiger partial charge in [-0.2, -0.15) is 5.10 Å². The fraction of sp³-hybridized carbons (Fsp3) is 0.611. The van der Waals surface area contributed by atoms with Gasteiger partial charge in [0, 0.05) is 11.1 Å². The van der Waals surface area contributed by atoms with Gasteiger partial charge in [0.25, 0.3) is 8.32 Å². The molecule has 0 N–H and O–H groups in total. The summed E-state index contributed by atoms with van der Waals surface area (Å²) in [7, 11) is -1.91. The topological polar surface area (TPSA) is 36.3 Å². The molecule has 0 saturated carbocycles. The number of ether oxygens (including phenoxy) is 1. The van der Waals surface area contributed by atoms with Crippen molar-refractivity contribution in [2.24, 2.45) is 0 Å². The van der Waals surface area contributed by atoms with Crippen LogP contribution in [0.25, 0.3) is 10.9 Å². The minimum atomic E-state index is -1.91. The second-order valence-corrected chi connectivity index (χ2v) is 13.7. The van der Waals surface area contributed by atoms with E-state index in [9.17, 15) is 0 Å². The monoisotopic (exact) mass is 410 g/mol. The molecular weight excluding hydrogens is 384 g/mol. The van der Waals surface area contributed by atoms with Gasteiger partial charge in [-0.3, -0.25) is 0 Å². The predicted octanol–water partition coefficient (Wildman–Crippen LogP) is 5.88. The summed E-state index contributed by atoms with van der Waals surface area (Å²) < 4.78 is 15.5. The summed E-state index contributed by atoms with van der Waals surface area (Å²) in [5.41, 5.74) is 1.07. The first-order valence-electron chi connectivity index (χ1n) is 8.66. The molecule has 132 valence electrons. The first-order valence-corrected chi connectivity index (χ1v) is 12.4. The zero-order valence-corrected chi connectivity index (χ0v) is 17.8. The third-order valence-electron chi connectivity index (χ3n) is 5.24. The molecule has 1 saturated heterocycles. The normalized spacial score (nSPS) is 19.7. The summed E-state index contributed by atoms with van der Waals surface area (Å²) in [6, 6.07) is 4.18. The molecule has 1 fully saturated rings. The Kier molecular flexibility index (Phi) is 4.83. The molecule has 1 aromatic carbocycles. The van der Waals surface area contributed by atoms with Crippen LogP contribution in [0.2, 0.25) is 18.1 Å². The summed E-state index contributed by atoms with van der Waals surface area (Å²) in [5.74, 6) is 0.924. The number of rotatable bonds is 3. The molecular formula is C18H27BrN2O2Si. The van der Waals surface area contributed by atoms with E-state index in [0.29, 0.717) is 0 Å². The molecule has 1 aromatic heterocycles. The average molecular weight is 411 g/mol. The minimum Gasteiger partial charge on any atom is -0.543 e. The Labute approximate surface area is 153 Å². The highest BCUT2D eigenvalue weighted by Gasteiger charge is 2.39. The lowest BCUT2D eigenvalue weighted by molar-refractivity contribution is -0.0366. The Hall–Kier alpha value is -0.853. The lowest BCUT2D eigenvalue weighted by Gasteiger charge is -2.36. The first kappa shape index (κ1) is 18.0. The second kappa shape index (κ2) is 6.46. The molecule has 24 heavy (non-hydrogen) atoms. The van der Waals surface area contributed by atoms with Gasteiger partial charge in [0.05, 0.1) is 17.1 Å². The number of fused-ring (bicyclic) bond motifs is 1. The summed E-state index contributed by atoms with van der Waals surface area (Å²) in [6.45, 7) is 12.1. The number of benzene rings is 1. The van der Waals surface area contributed by atoms with Crippen molar-refractivity contribution in [1.82, 2.24) is 9.78 Å². The van der Waals surface area contributed by atoms with E-state index in [4.69, 9.17) is 9.16 Å². The number of aromatic nitrogens is 2. The zero-order valence-electron chi connectivity index (χ0n) is 15.2. The maximum atomic E-state index is 6.58. The molecule has 1 atom stereocenters. The predicted molar refractivity (Wildman–Crippen MR) is 104 cm³/mol. The largest absolute Gasteiger partial charge is 0.543 e. The summed E-state index contributed by atoms with van der Waals surface area (Å²) in [5, 5.41) is 5.84. The van der Waals surface area contributed by atoms with Gasteiger partial charge in [-0.15, -0.1) is 0 Å². The average Bonchev–Trinajstić information content (AvgIpc) is 2.90. The number of halogens is 1. The fourth-order valence-electron chi connectivity index (χ4n) is 2.74. The number of hydrogen-bond donors (Lipinski definition) is 0. The SMILES string of the molecule is CC(C)(C)[Si](C)(C)Oc1cc(Br)cc2c1cnn2C1CCCCO1. The molecule has 2 aromatic rings. The van der Waals surface area contributed by atoms with E-state index < -0.39 is 8.32 Å². The summed E-state index contributed by atoms with van der Waals surface area (Å²) in [6.07, 6.45) is 5.29. The zero-order chi connectivity index (χ0) is 17.5. The van der Waals surface area contributed by atoms with Crippen molar-refractivity contribution in [3.63, 3.8) is 0 Å². The maximum absolute atomic E-state index is 6.58. The van der Waals surface area contributed by atoms with Crippen LogP contribution < -0.4 is 4.43 Å². The van der Waals surface area contributed by atoms with Crippen LogP contribution in [0, 0.1) is 0 Å². The minimum absolute atomic E-state index is 0.0336. The van der Waals surface area contributed by atoms with Gasteiger partial charge in [0.2, 0.25) is 0 Å². The molecule has 1 aliphatic rings. The van der Waals surface area contributed by atoms with Crippen LogP contribution >= 0.6 is 15.9 Å². The van der Waals surface area contributed by atoms with Crippen LogP contribution in [0.4, 0.5) is 0 Å². The van der Waals surface area contributed by atoms with Gasteiger partial charge in [-0.25, -0.2) is 4.68 Å². The quantitative estimate of drug-likeness (QED) is 0.592. The highest BCUT2D eigenvalue weighted by atomic mass is 79.9. The smallest absolute Gasteiger partial charge is 0.250 e. The van der Waals surface area contributed by atoms with Gasteiger partial charge >= 0.3 is 0 Å².